The first-order valence-electron chi connectivity index (χ1n) is 5.45. The predicted octanol–water partition coefficient (Wildman–Crippen LogP) is 0.867. The summed E-state index contributed by atoms with van der Waals surface area (Å²) >= 11 is 0. The van der Waals surface area contributed by atoms with Gasteiger partial charge < -0.3 is 14.9 Å². The summed E-state index contributed by atoms with van der Waals surface area (Å²) in [4.78, 5) is 11.6. The third-order valence-corrected chi connectivity index (χ3v) is 2.37. The zero-order valence-corrected chi connectivity index (χ0v) is 9.51. The quantitative estimate of drug-likeness (QED) is 0.823. The van der Waals surface area contributed by atoms with Crippen LogP contribution in [0.1, 0.15) is 12.6 Å². The second-order valence-corrected chi connectivity index (χ2v) is 3.96. The Morgan fingerprint density at radius 3 is 3.06 bits per heavy atom. The van der Waals surface area contributed by atoms with Gasteiger partial charge in [0.2, 0.25) is 5.91 Å². The lowest BCUT2D eigenvalue weighted by atomic mass is 10.1. The van der Waals surface area contributed by atoms with Crippen molar-refractivity contribution in [1.29, 1.82) is 0 Å². The minimum absolute atomic E-state index is 0.156. The minimum Gasteiger partial charge on any atom is -0.392 e. The third-order valence-electron chi connectivity index (χ3n) is 2.37. The van der Waals surface area contributed by atoms with Gasteiger partial charge in [0.05, 0.1) is 12.5 Å². The number of carbonyl (C=O) groups excluding carboxylic acids is 1. The minimum atomic E-state index is -0.548. The molecule has 1 amide bonds. The maximum absolute atomic E-state index is 11.6. The van der Waals surface area contributed by atoms with E-state index < -0.39 is 6.10 Å². The van der Waals surface area contributed by atoms with Gasteiger partial charge in [0, 0.05) is 11.9 Å². The van der Waals surface area contributed by atoms with E-state index in [2.05, 4.69) is 10.5 Å². The SMILES string of the molecule is C[C@H](O)CNC(=O)Cc1noc2ccccc12. The van der Waals surface area contributed by atoms with Crippen molar-refractivity contribution >= 4 is 16.9 Å². The maximum atomic E-state index is 11.6. The number of nitrogens with zero attached hydrogens (tertiary/aromatic N) is 1. The molecule has 1 aromatic carbocycles. The molecule has 5 nitrogen and oxygen atoms in total. The van der Waals surface area contributed by atoms with Crippen molar-refractivity contribution in [3.63, 3.8) is 0 Å². The van der Waals surface area contributed by atoms with Crippen molar-refractivity contribution in [2.24, 2.45) is 0 Å². The Balaban J connectivity index is 2.06. The van der Waals surface area contributed by atoms with Gasteiger partial charge in [-0.3, -0.25) is 4.79 Å². The molecule has 0 spiro atoms. The molecule has 1 aromatic heterocycles. The monoisotopic (exact) mass is 234 g/mol. The van der Waals surface area contributed by atoms with E-state index in [1.165, 1.54) is 0 Å². The van der Waals surface area contributed by atoms with Gasteiger partial charge in [0.25, 0.3) is 0 Å². The summed E-state index contributed by atoms with van der Waals surface area (Å²) in [7, 11) is 0. The van der Waals surface area contributed by atoms with Crippen LogP contribution in [0.25, 0.3) is 11.0 Å². The van der Waals surface area contributed by atoms with Crippen molar-refractivity contribution in [3.05, 3.63) is 30.0 Å². The molecule has 0 saturated carbocycles. The molecule has 0 aliphatic heterocycles. The van der Waals surface area contributed by atoms with Crippen LogP contribution in [-0.2, 0) is 11.2 Å². The first-order valence-corrected chi connectivity index (χ1v) is 5.45. The molecule has 2 aromatic rings. The van der Waals surface area contributed by atoms with E-state index in [4.69, 9.17) is 9.63 Å². The van der Waals surface area contributed by atoms with Crippen molar-refractivity contribution in [1.82, 2.24) is 10.5 Å². The molecule has 0 unspecified atom stereocenters. The van der Waals surface area contributed by atoms with Gasteiger partial charge in [-0.25, -0.2) is 0 Å². The lowest BCUT2D eigenvalue weighted by Gasteiger charge is -2.05. The molecule has 0 aliphatic rings. The van der Waals surface area contributed by atoms with Gasteiger partial charge in [-0.05, 0) is 19.1 Å². The molecule has 5 heteroatoms. The topological polar surface area (TPSA) is 75.4 Å². The lowest BCUT2D eigenvalue weighted by molar-refractivity contribution is -0.120. The molecule has 90 valence electrons. The summed E-state index contributed by atoms with van der Waals surface area (Å²) in [6.45, 7) is 1.86. The third kappa shape index (κ3) is 2.82. The average Bonchev–Trinajstić information content (AvgIpc) is 2.70. The van der Waals surface area contributed by atoms with E-state index in [-0.39, 0.29) is 18.9 Å². The van der Waals surface area contributed by atoms with Crippen LogP contribution in [0, 0.1) is 0 Å². The normalized spacial score (nSPS) is 12.6. The van der Waals surface area contributed by atoms with E-state index >= 15 is 0 Å². The second-order valence-electron chi connectivity index (χ2n) is 3.96. The van der Waals surface area contributed by atoms with Crippen LogP contribution in [0.2, 0.25) is 0 Å². The van der Waals surface area contributed by atoms with Gasteiger partial charge in [-0.1, -0.05) is 17.3 Å². The van der Waals surface area contributed by atoms with Crippen LogP contribution in [-0.4, -0.2) is 28.8 Å². The number of rotatable bonds is 4. The molecule has 1 atom stereocenters. The standard InChI is InChI=1S/C12H14N2O3/c1-8(15)7-13-12(16)6-10-9-4-2-3-5-11(9)17-14-10/h2-5,8,15H,6-7H2,1H3,(H,13,16)/t8-/m0/s1. The van der Waals surface area contributed by atoms with Gasteiger partial charge in [-0.15, -0.1) is 0 Å². The fourth-order valence-corrected chi connectivity index (χ4v) is 1.54. The molecule has 1 heterocycles. The Kier molecular flexibility index (Phi) is 3.39. The molecule has 0 fully saturated rings. The number of benzene rings is 1. The van der Waals surface area contributed by atoms with E-state index in [0.29, 0.717) is 11.3 Å². The number of amides is 1. The second kappa shape index (κ2) is 4.97. The van der Waals surface area contributed by atoms with Crippen LogP contribution in [0.5, 0.6) is 0 Å². The van der Waals surface area contributed by atoms with Crippen LogP contribution in [0.3, 0.4) is 0 Å². The van der Waals surface area contributed by atoms with E-state index in [1.54, 1.807) is 13.0 Å². The predicted molar refractivity (Wildman–Crippen MR) is 62.4 cm³/mol. The highest BCUT2D eigenvalue weighted by molar-refractivity contribution is 5.86. The fraction of sp³-hybridized carbons (Fsp3) is 0.333. The fourth-order valence-electron chi connectivity index (χ4n) is 1.54. The molecule has 0 aliphatic carbocycles. The molecular weight excluding hydrogens is 220 g/mol. The summed E-state index contributed by atoms with van der Waals surface area (Å²) in [5.41, 5.74) is 1.29. The average molecular weight is 234 g/mol. The van der Waals surface area contributed by atoms with Crippen LogP contribution in [0.15, 0.2) is 28.8 Å². The Labute approximate surface area is 98.4 Å². The first-order chi connectivity index (χ1) is 8.16. The van der Waals surface area contributed by atoms with Crippen molar-refractivity contribution in [2.45, 2.75) is 19.4 Å². The molecule has 0 saturated heterocycles. The van der Waals surface area contributed by atoms with Gasteiger partial charge in [-0.2, -0.15) is 0 Å². The van der Waals surface area contributed by atoms with Gasteiger partial charge in [0.1, 0.15) is 5.69 Å². The number of carbonyl (C=O) groups is 1. The van der Waals surface area contributed by atoms with E-state index in [1.807, 2.05) is 18.2 Å². The highest BCUT2D eigenvalue weighted by atomic mass is 16.5. The summed E-state index contributed by atoms with van der Waals surface area (Å²) in [6.07, 6.45) is -0.392. The van der Waals surface area contributed by atoms with E-state index in [9.17, 15) is 4.79 Å². The number of hydrogen-bond acceptors (Lipinski definition) is 4. The van der Waals surface area contributed by atoms with E-state index in [0.717, 1.165) is 5.39 Å². The van der Waals surface area contributed by atoms with Crippen molar-refractivity contribution < 1.29 is 14.4 Å². The zero-order chi connectivity index (χ0) is 12.3. The Bertz CT molecular complexity index is 519. The number of aliphatic hydroxyl groups is 1. The van der Waals surface area contributed by atoms with Crippen molar-refractivity contribution in [2.75, 3.05) is 6.54 Å². The molecule has 0 radical (unpaired) electrons. The van der Waals surface area contributed by atoms with Crippen LogP contribution in [0.4, 0.5) is 0 Å². The summed E-state index contributed by atoms with van der Waals surface area (Å²) in [6, 6.07) is 7.39. The number of para-hydroxylation sites is 1. The van der Waals surface area contributed by atoms with Gasteiger partial charge >= 0.3 is 0 Å². The molecule has 0 bridgehead atoms. The Hall–Kier alpha value is -1.88. The lowest BCUT2D eigenvalue weighted by Crippen LogP contribution is -2.31. The Morgan fingerprint density at radius 2 is 2.29 bits per heavy atom. The highest BCUT2D eigenvalue weighted by Gasteiger charge is 2.11. The van der Waals surface area contributed by atoms with Crippen molar-refractivity contribution in [3.8, 4) is 0 Å². The Morgan fingerprint density at radius 1 is 1.53 bits per heavy atom. The number of aromatic nitrogens is 1. The highest BCUT2D eigenvalue weighted by Crippen LogP contribution is 2.17. The molecule has 2 rings (SSSR count). The largest absolute Gasteiger partial charge is 0.392 e. The zero-order valence-electron chi connectivity index (χ0n) is 9.51. The first kappa shape index (κ1) is 11.6. The summed E-state index contributed by atoms with van der Waals surface area (Å²) < 4.78 is 5.10. The maximum Gasteiger partial charge on any atom is 0.226 e. The molecule has 2 N–H and O–H groups in total. The van der Waals surface area contributed by atoms with Gasteiger partial charge in [0.15, 0.2) is 5.58 Å². The number of fused-ring (bicyclic) bond motifs is 1. The number of nitrogens with one attached hydrogen (secondary N) is 1. The summed E-state index contributed by atoms with van der Waals surface area (Å²) in [5.74, 6) is -0.176. The molecular formula is C12H14N2O3. The molecule has 17 heavy (non-hydrogen) atoms. The smallest absolute Gasteiger partial charge is 0.226 e. The number of aliphatic hydroxyl groups excluding tert-OH is 1. The summed E-state index contributed by atoms with van der Waals surface area (Å²) in [5, 5.41) is 16.4. The van der Waals surface area contributed by atoms with Crippen LogP contribution >= 0.6 is 0 Å². The van der Waals surface area contributed by atoms with Crippen LogP contribution < -0.4 is 5.32 Å². The number of hydrogen-bond donors (Lipinski definition) is 2.